The van der Waals surface area contributed by atoms with Crippen LogP contribution in [0.15, 0.2) is 66.1 Å². The summed E-state index contributed by atoms with van der Waals surface area (Å²) in [4.78, 5) is 18.7. The fourth-order valence-electron chi connectivity index (χ4n) is 4.00. The van der Waals surface area contributed by atoms with Gasteiger partial charge in [-0.15, -0.1) is 0 Å². The van der Waals surface area contributed by atoms with E-state index in [1.807, 2.05) is 37.3 Å². The molecule has 0 unspecified atom stereocenters. The molecule has 0 bridgehead atoms. The van der Waals surface area contributed by atoms with Crippen LogP contribution in [0.25, 0.3) is 16.7 Å². The molecule has 4 heterocycles. The average molecular weight is 415 g/mol. The molecule has 1 fully saturated rings. The predicted molar refractivity (Wildman–Crippen MR) is 124 cm³/mol. The van der Waals surface area contributed by atoms with Gasteiger partial charge in [0.2, 0.25) is 0 Å². The van der Waals surface area contributed by atoms with Gasteiger partial charge in [-0.25, -0.2) is 15.0 Å². The van der Waals surface area contributed by atoms with Crippen molar-refractivity contribution in [2.75, 3.05) is 38.3 Å². The van der Waals surface area contributed by atoms with E-state index in [0.29, 0.717) is 6.54 Å². The zero-order valence-electron chi connectivity index (χ0n) is 18.0. The van der Waals surface area contributed by atoms with Crippen molar-refractivity contribution in [2.45, 2.75) is 13.5 Å². The molecule has 0 aliphatic carbocycles. The van der Waals surface area contributed by atoms with E-state index in [9.17, 15) is 0 Å². The van der Waals surface area contributed by atoms with E-state index in [2.05, 4.69) is 46.4 Å². The second kappa shape index (κ2) is 8.00. The molecule has 158 valence electrons. The Hall–Kier alpha value is -3.45. The monoisotopic (exact) mass is 414 g/mol. The normalized spacial score (nSPS) is 17.2. The molecule has 0 radical (unpaired) electrons. The molecule has 0 spiro atoms. The van der Waals surface area contributed by atoms with Gasteiger partial charge in [0.1, 0.15) is 17.0 Å². The Morgan fingerprint density at radius 2 is 1.90 bits per heavy atom. The van der Waals surface area contributed by atoms with Gasteiger partial charge in [-0.3, -0.25) is 0 Å². The Kier molecular flexibility index (Phi) is 5.03. The van der Waals surface area contributed by atoms with Crippen molar-refractivity contribution in [3.8, 4) is 0 Å². The Morgan fingerprint density at radius 3 is 2.65 bits per heavy atom. The number of nitrogens with zero attached hydrogens (tertiary/aromatic N) is 6. The number of allylic oxidation sites excluding steroid dienone is 1. The van der Waals surface area contributed by atoms with Crippen LogP contribution in [0.2, 0.25) is 0 Å². The maximum atomic E-state index is 5.50. The first-order chi connectivity index (χ1) is 15.1. The van der Waals surface area contributed by atoms with Crippen molar-refractivity contribution >= 4 is 28.3 Å². The van der Waals surface area contributed by atoms with Crippen LogP contribution in [-0.4, -0.2) is 58.5 Å². The average Bonchev–Trinajstić information content (AvgIpc) is 3.16. The quantitative estimate of drug-likeness (QED) is 0.654. The van der Waals surface area contributed by atoms with E-state index in [0.717, 1.165) is 66.1 Å². The van der Waals surface area contributed by atoms with E-state index in [-0.39, 0.29) is 0 Å². The Balaban J connectivity index is 1.64. The highest BCUT2D eigenvalue weighted by Gasteiger charge is 2.21. The number of aliphatic imine (C=N–C) groups is 1. The molecule has 3 aromatic rings. The summed E-state index contributed by atoms with van der Waals surface area (Å²) in [5.41, 5.74) is 5.74. The largest absolute Gasteiger partial charge is 0.378 e. The topological polar surface area (TPSA) is 58.8 Å². The minimum Gasteiger partial charge on any atom is -0.378 e. The number of fused-ring (bicyclic) bond motifs is 1. The maximum Gasteiger partial charge on any atom is 0.161 e. The molecule has 0 saturated carbocycles. The third kappa shape index (κ3) is 3.72. The SMILES string of the molecule is C=C1C(C)=NC(c2nc3cnc(N4CCOCC4)cc3n2Cc2ccccc2)=CN1C. The van der Waals surface area contributed by atoms with Crippen molar-refractivity contribution in [3.63, 3.8) is 0 Å². The van der Waals surface area contributed by atoms with E-state index in [4.69, 9.17) is 19.7 Å². The summed E-state index contributed by atoms with van der Waals surface area (Å²) in [7, 11) is 1.99. The Bertz CT molecular complexity index is 1190. The Morgan fingerprint density at radius 1 is 1.13 bits per heavy atom. The lowest BCUT2D eigenvalue weighted by Crippen LogP contribution is -2.36. The van der Waals surface area contributed by atoms with Crippen LogP contribution >= 0.6 is 0 Å². The minimum atomic E-state index is 0.704. The van der Waals surface area contributed by atoms with Crippen molar-refractivity contribution in [2.24, 2.45) is 4.99 Å². The molecule has 2 aliphatic heterocycles. The van der Waals surface area contributed by atoms with Gasteiger partial charge in [0.05, 0.1) is 36.3 Å². The van der Waals surface area contributed by atoms with Gasteiger partial charge in [0.15, 0.2) is 5.82 Å². The molecule has 0 N–H and O–H groups in total. The van der Waals surface area contributed by atoms with E-state index < -0.39 is 0 Å². The maximum absolute atomic E-state index is 5.50. The molecule has 1 saturated heterocycles. The molecule has 1 aromatic carbocycles. The highest BCUT2D eigenvalue weighted by atomic mass is 16.5. The molecule has 2 aromatic heterocycles. The first kappa shape index (κ1) is 19.5. The number of morpholine rings is 1. The molecule has 7 nitrogen and oxygen atoms in total. The molecular weight excluding hydrogens is 388 g/mol. The number of aromatic nitrogens is 3. The number of rotatable bonds is 4. The van der Waals surface area contributed by atoms with Gasteiger partial charge in [0.25, 0.3) is 0 Å². The number of pyridine rings is 1. The molecule has 31 heavy (non-hydrogen) atoms. The van der Waals surface area contributed by atoms with Gasteiger partial charge in [-0.1, -0.05) is 36.9 Å². The van der Waals surface area contributed by atoms with Crippen LogP contribution in [0.5, 0.6) is 0 Å². The fourth-order valence-corrected chi connectivity index (χ4v) is 4.00. The number of benzene rings is 1. The zero-order chi connectivity index (χ0) is 21.4. The zero-order valence-corrected chi connectivity index (χ0v) is 18.0. The summed E-state index contributed by atoms with van der Waals surface area (Å²) >= 11 is 0. The number of imidazole rings is 1. The van der Waals surface area contributed by atoms with Crippen LogP contribution in [0.1, 0.15) is 18.3 Å². The standard InChI is InChI=1S/C24H26N6O/c1-17-18(2)28(3)16-21(26-17)24-27-20-14-25-23(29-9-11-31-12-10-29)13-22(20)30(24)15-19-7-5-4-6-8-19/h4-8,13-14,16H,2,9-12,15H2,1,3H3. The van der Waals surface area contributed by atoms with Crippen molar-refractivity contribution in [1.82, 2.24) is 19.4 Å². The lowest BCUT2D eigenvalue weighted by atomic mass is 10.2. The lowest BCUT2D eigenvalue weighted by Gasteiger charge is -2.27. The second-order valence-corrected chi connectivity index (χ2v) is 7.91. The second-order valence-electron chi connectivity index (χ2n) is 7.91. The van der Waals surface area contributed by atoms with Crippen LogP contribution < -0.4 is 4.90 Å². The summed E-state index contributed by atoms with van der Waals surface area (Å²) in [6, 6.07) is 12.6. The van der Waals surface area contributed by atoms with Crippen LogP contribution in [0, 0.1) is 0 Å². The minimum absolute atomic E-state index is 0.704. The van der Waals surface area contributed by atoms with Gasteiger partial charge in [0, 0.05) is 38.9 Å². The van der Waals surface area contributed by atoms with E-state index >= 15 is 0 Å². The first-order valence-electron chi connectivity index (χ1n) is 10.5. The highest BCUT2D eigenvalue weighted by molar-refractivity contribution is 6.02. The van der Waals surface area contributed by atoms with Crippen molar-refractivity contribution < 1.29 is 4.74 Å². The molecule has 0 amide bonds. The number of hydrogen-bond donors (Lipinski definition) is 0. The third-order valence-electron chi connectivity index (χ3n) is 5.82. The first-order valence-corrected chi connectivity index (χ1v) is 10.5. The summed E-state index contributed by atoms with van der Waals surface area (Å²) in [6.45, 7) is 9.93. The fraction of sp³-hybridized carbons (Fsp3) is 0.292. The molecule has 7 heteroatoms. The predicted octanol–water partition coefficient (Wildman–Crippen LogP) is 3.53. The Labute approximate surface area is 182 Å². The summed E-state index contributed by atoms with van der Waals surface area (Å²) < 4.78 is 7.74. The molecule has 2 aliphatic rings. The lowest BCUT2D eigenvalue weighted by molar-refractivity contribution is 0.122. The van der Waals surface area contributed by atoms with Crippen LogP contribution in [0.3, 0.4) is 0 Å². The molecular formula is C24H26N6O. The third-order valence-corrected chi connectivity index (χ3v) is 5.82. The summed E-state index contributed by atoms with van der Waals surface area (Å²) in [5, 5.41) is 0. The van der Waals surface area contributed by atoms with E-state index in [1.54, 1.807) is 0 Å². The van der Waals surface area contributed by atoms with E-state index in [1.165, 1.54) is 5.56 Å². The smallest absolute Gasteiger partial charge is 0.161 e. The van der Waals surface area contributed by atoms with Gasteiger partial charge in [-0.05, 0) is 12.5 Å². The number of ether oxygens (including phenoxy) is 1. The summed E-state index contributed by atoms with van der Waals surface area (Å²) in [6.07, 6.45) is 3.86. The van der Waals surface area contributed by atoms with Crippen LogP contribution in [-0.2, 0) is 11.3 Å². The van der Waals surface area contributed by atoms with Crippen LogP contribution in [0.4, 0.5) is 5.82 Å². The number of hydrogen-bond acceptors (Lipinski definition) is 6. The summed E-state index contributed by atoms with van der Waals surface area (Å²) in [5.74, 6) is 1.79. The van der Waals surface area contributed by atoms with Gasteiger partial charge >= 0.3 is 0 Å². The van der Waals surface area contributed by atoms with Gasteiger partial charge in [-0.2, -0.15) is 0 Å². The molecule has 0 atom stereocenters. The highest BCUT2D eigenvalue weighted by Crippen LogP contribution is 2.29. The number of anilines is 1. The molecule has 5 rings (SSSR count). The van der Waals surface area contributed by atoms with Crippen molar-refractivity contribution in [1.29, 1.82) is 0 Å². The van der Waals surface area contributed by atoms with Gasteiger partial charge < -0.3 is 19.1 Å². The van der Waals surface area contributed by atoms with Crippen molar-refractivity contribution in [3.05, 3.63) is 72.5 Å².